The van der Waals surface area contributed by atoms with Crippen LogP contribution in [0.25, 0.3) is 0 Å². The summed E-state index contributed by atoms with van der Waals surface area (Å²) in [7, 11) is 0. The van der Waals surface area contributed by atoms with Crippen LogP contribution in [0.1, 0.15) is 32.6 Å². The highest BCUT2D eigenvalue weighted by Gasteiger charge is 2.33. The summed E-state index contributed by atoms with van der Waals surface area (Å²) < 4.78 is 0. The maximum Gasteiger partial charge on any atom is 0.0695 e. The van der Waals surface area contributed by atoms with Gasteiger partial charge in [-0.05, 0) is 38.1 Å². The Hall–Kier alpha value is -0.0800. The van der Waals surface area contributed by atoms with Crippen molar-refractivity contribution in [3.05, 3.63) is 0 Å². The first-order chi connectivity index (χ1) is 5.77. The van der Waals surface area contributed by atoms with Crippen LogP contribution in [0.5, 0.6) is 0 Å². The Morgan fingerprint density at radius 3 is 2.92 bits per heavy atom. The number of piperidine rings is 2. The number of hydrogen-bond acceptors (Lipinski definition) is 2. The van der Waals surface area contributed by atoms with Gasteiger partial charge >= 0.3 is 0 Å². The zero-order valence-electron chi connectivity index (χ0n) is 7.87. The zero-order valence-corrected chi connectivity index (χ0v) is 7.87. The van der Waals surface area contributed by atoms with Crippen molar-refractivity contribution >= 4 is 0 Å². The van der Waals surface area contributed by atoms with E-state index in [4.69, 9.17) is 0 Å². The summed E-state index contributed by atoms with van der Waals surface area (Å²) in [6.45, 7) is 4.74. The Bertz CT molecular complexity index is 160. The van der Waals surface area contributed by atoms with Gasteiger partial charge in [0.2, 0.25) is 0 Å². The monoisotopic (exact) mass is 169 g/mol. The predicted molar refractivity (Wildman–Crippen MR) is 49.0 cm³/mol. The fourth-order valence-corrected chi connectivity index (χ4v) is 2.65. The summed E-state index contributed by atoms with van der Waals surface area (Å²) in [6.07, 6.45) is 4.69. The molecule has 1 N–H and O–H groups in total. The molecule has 2 nitrogen and oxygen atoms in total. The summed E-state index contributed by atoms with van der Waals surface area (Å²) in [5.41, 5.74) is 0. The van der Waals surface area contributed by atoms with Crippen molar-refractivity contribution in [2.75, 3.05) is 13.1 Å². The van der Waals surface area contributed by atoms with E-state index in [0.717, 1.165) is 12.3 Å². The third kappa shape index (κ3) is 1.50. The fourth-order valence-electron chi connectivity index (χ4n) is 2.65. The van der Waals surface area contributed by atoms with E-state index in [1.54, 1.807) is 0 Å². The molecule has 2 heteroatoms. The number of hydrogen-bond donors (Lipinski definition) is 1. The molecule has 0 amide bonds. The lowest BCUT2D eigenvalue weighted by Gasteiger charge is -2.44. The normalized spacial score (nSPS) is 44.0. The highest BCUT2D eigenvalue weighted by atomic mass is 16.3. The van der Waals surface area contributed by atoms with Gasteiger partial charge in [-0.25, -0.2) is 0 Å². The molecule has 2 rings (SSSR count). The fraction of sp³-hybridized carbons (Fsp3) is 1.00. The minimum absolute atomic E-state index is 0.0359. The second-order valence-corrected chi connectivity index (χ2v) is 4.45. The Balaban J connectivity index is 1.99. The van der Waals surface area contributed by atoms with Crippen LogP contribution in [0.4, 0.5) is 0 Å². The Morgan fingerprint density at radius 1 is 1.25 bits per heavy atom. The lowest BCUT2D eigenvalue weighted by atomic mass is 9.87. The van der Waals surface area contributed by atoms with Crippen LogP contribution in [-0.2, 0) is 0 Å². The van der Waals surface area contributed by atoms with Gasteiger partial charge in [0.25, 0.3) is 0 Å². The van der Waals surface area contributed by atoms with Crippen molar-refractivity contribution in [3.63, 3.8) is 0 Å². The number of nitrogens with zero attached hydrogens (tertiary/aromatic N) is 1. The molecule has 0 aromatic rings. The third-order valence-electron chi connectivity index (χ3n) is 3.36. The van der Waals surface area contributed by atoms with Crippen molar-refractivity contribution in [2.45, 2.75) is 44.8 Å². The molecule has 70 valence electrons. The Labute approximate surface area is 74.6 Å². The van der Waals surface area contributed by atoms with Crippen LogP contribution in [0.2, 0.25) is 0 Å². The second kappa shape index (κ2) is 3.35. The quantitative estimate of drug-likeness (QED) is 0.590. The van der Waals surface area contributed by atoms with Gasteiger partial charge < -0.3 is 5.11 Å². The van der Waals surface area contributed by atoms with Gasteiger partial charge in [0.05, 0.1) is 6.10 Å². The average molecular weight is 169 g/mol. The van der Waals surface area contributed by atoms with Gasteiger partial charge in [0, 0.05) is 12.6 Å². The van der Waals surface area contributed by atoms with Crippen molar-refractivity contribution in [3.8, 4) is 0 Å². The van der Waals surface area contributed by atoms with Gasteiger partial charge in [0.15, 0.2) is 0 Å². The number of rotatable bonds is 0. The van der Waals surface area contributed by atoms with Gasteiger partial charge in [-0.15, -0.1) is 0 Å². The molecule has 2 saturated heterocycles. The lowest BCUT2D eigenvalue weighted by Crippen LogP contribution is -2.52. The molecular weight excluding hydrogens is 150 g/mol. The molecule has 0 spiro atoms. The van der Waals surface area contributed by atoms with Crippen LogP contribution in [-0.4, -0.2) is 35.2 Å². The maximum absolute atomic E-state index is 9.75. The summed E-state index contributed by atoms with van der Waals surface area (Å²) >= 11 is 0. The van der Waals surface area contributed by atoms with Crippen molar-refractivity contribution in [1.82, 2.24) is 4.90 Å². The number of aliphatic hydroxyl groups excluding tert-OH is 1. The van der Waals surface area contributed by atoms with E-state index in [9.17, 15) is 5.11 Å². The first kappa shape index (κ1) is 8.52. The highest BCUT2D eigenvalue weighted by molar-refractivity contribution is 4.88. The highest BCUT2D eigenvalue weighted by Crippen LogP contribution is 2.28. The molecule has 0 bridgehead atoms. The molecule has 2 heterocycles. The number of fused-ring (bicyclic) bond motifs is 1. The van der Waals surface area contributed by atoms with E-state index in [2.05, 4.69) is 11.8 Å². The average Bonchev–Trinajstić information content (AvgIpc) is 2.04. The molecule has 2 fully saturated rings. The molecule has 0 aliphatic carbocycles. The van der Waals surface area contributed by atoms with E-state index in [1.807, 2.05) is 0 Å². The maximum atomic E-state index is 9.75. The SMILES string of the molecule is C[C@@H]1CC[C@@H]2[C@H](O)CCCN2C1. The van der Waals surface area contributed by atoms with Crippen LogP contribution in [0.15, 0.2) is 0 Å². The standard InChI is InChI=1S/C10H19NO/c1-8-4-5-9-10(12)3-2-6-11(9)7-8/h8-10,12H,2-7H2,1H3/t8-,9-,10-/m1/s1. The number of aliphatic hydroxyl groups is 1. The smallest absolute Gasteiger partial charge is 0.0695 e. The topological polar surface area (TPSA) is 23.5 Å². The van der Waals surface area contributed by atoms with Gasteiger partial charge in [-0.1, -0.05) is 6.92 Å². The van der Waals surface area contributed by atoms with E-state index in [-0.39, 0.29) is 6.10 Å². The first-order valence-corrected chi connectivity index (χ1v) is 5.19. The predicted octanol–water partition coefficient (Wildman–Crippen LogP) is 1.24. The van der Waals surface area contributed by atoms with Gasteiger partial charge in [-0.2, -0.15) is 0 Å². The van der Waals surface area contributed by atoms with Crippen LogP contribution >= 0.6 is 0 Å². The molecule has 0 aromatic heterocycles. The van der Waals surface area contributed by atoms with E-state index in [1.165, 1.54) is 32.4 Å². The van der Waals surface area contributed by atoms with Crippen molar-refractivity contribution in [2.24, 2.45) is 5.92 Å². The molecule has 0 unspecified atom stereocenters. The second-order valence-electron chi connectivity index (χ2n) is 4.45. The van der Waals surface area contributed by atoms with E-state index < -0.39 is 0 Å². The van der Waals surface area contributed by atoms with Crippen LogP contribution in [0, 0.1) is 5.92 Å². The van der Waals surface area contributed by atoms with Gasteiger partial charge in [-0.3, -0.25) is 4.90 Å². The zero-order chi connectivity index (χ0) is 8.55. The molecule has 0 radical (unpaired) electrons. The minimum Gasteiger partial charge on any atom is -0.391 e. The lowest BCUT2D eigenvalue weighted by molar-refractivity contribution is -0.0207. The molecule has 2 aliphatic heterocycles. The third-order valence-corrected chi connectivity index (χ3v) is 3.36. The van der Waals surface area contributed by atoms with Crippen LogP contribution < -0.4 is 0 Å². The Morgan fingerprint density at radius 2 is 2.08 bits per heavy atom. The summed E-state index contributed by atoms with van der Waals surface area (Å²) in [6, 6.07) is 0.495. The summed E-state index contributed by atoms with van der Waals surface area (Å²) in [5.74, 6) is 0.839. The Kier molecular flexibility index (Phi) is 2.37. The molecular formula is C10H19NO. The first-order valence-electron chi connectivity index (χ1n) is 5.19. The molecule has 0 aromatic carbocycles. The minimum atomic E-state index is -0.0359. The van der Waals surface area contributed by atoms with Crippen molar-refractivity contribution < 1.29 is 5.11 Å². The molecule has 2 aliphatic rings. The summed E-state index contributed by atoms with van der Waals surface area (Å²) in [4.78, 5) is 2.49. The largest absolute Gasteiger partial charge is 0.391 e. The molecule has 3 atom stereocenters. The molecule has 0 saturated carbocycles. The van der Waals surface area contributed by atoms with Crippen LogP contribution in [0.3, 0.4) is 0 Å². The van der Waals surface area contributed by atoms with E-state index in [0.29, 0.717) is 6.04 Å². The summed E-state index contributed by atoms with van der Waals surface area (Å²) in [5, 5.41) is 9.75. The van der Waals surface area contributed by atoms with Crippen molar-refractivity contribution in [1.29, 1.82) is 0 Å². The molecule has 12 heavy (non-hydrogen) atoms. The van der Waals surface area contributed by atoms with Gasteiger partial charge in [0.1, 0.15) is 0 Å². The van der Waals surface area contributed by atoms with E-state index >= 15 is 0 Å².